The number of nitrogens with zero attached hydrogens (tertiary/aromatic N) is 2. The number of rotatable bonds is 4. The van der Waals surface area contributed by atoms with Crippen molar-refractivity contribution in [2.24, 2.45) is 5.73 Å². The molecular formula is C11H12ClN3O2. The van der Waals surface area contributed by atoms with Crippen molar-refractivity contribution in [2.75, 3.05) is 0 Å². The van der Waals surface area contributed by atoms with Crippen LogP contribution in [0.2, 0.25) is 5.02 Å². The molecule has 0 bridgehead atoms. The molecule has 0 spiro atoms. The second-order valence-electron chi connectivity index (χ2n) is 3.49. The predicted octanol–water partition coefficient (Wildman–Crippen LogP) is 2.07. The molecule has 0 unspecified atom stereocenters. The van der Waals surface area contributed by atoms with Gasteiger partial charge in [-0.2, -0.15) is 4.98 Å². The molecule has 90 valence electrons. The third-order valence-corrected chi connectivity index (χ3v) is 2.45. The molecule has 0 radical (unpaired) electrons. The second-order valence-corrected chi connectivity index (χ2v) is 3.90. The standard InChI is InChI=1S/C11H12ClN3O2/c1-7-14-11(17-15-7)6-16-10-3-2-8(5-13)4-9(10)12/h2-4H,5-6,13H2,1H3. The largest absolute Gasteiger partial charge is 0.482 e. The van der Waals surface area contributed by atoms with E-state index in [0.29, 0.717) is 29.0 Å². The van der Waals surface area contributed by atoms with Crippen LogP contribution < -0.4 is 10.5 Å². The summed E-state index contributed by atoms with van der Waals surface area (Å²) in [5, 5.41) is 4.18. The van der Waals surface area contributed by atoms with Crippen LogP contribution in [0, 0.1) is 6.92 Å². The molecule has 17 heavy (non-hydrogen) atoms. The third kappa shape index (κ3) is 2.95. The lowest BCUT2D eigenvalue weighted by atomic mass is 10.2. The fourth-order valence-corrected chi connectivity index (χ4v) is 1.58. The molecule has 0 aliphatic carbocycles. The molecule has 0 saturated carbocycles. The molecule has 2 N–H and O–H groups in total. The van der Waals surface area contributed by atoms with Crippen molar-refractivity contribution in [3.63, 3.8) is 0 Å². The molecule has 0 aliphatic heterocycles. The van der Waals surface area contributed by atoms with Crippen molar-refractivity contribution in [2.45, 2.75) is 20.1 Å². The first kappa shape index (κ1) is 11.9. The monoisotopic (exact) mass is 253 g/mol. The van der Waals surface area contributed by atoms with E-state index in [9.17, 15) is 0 Å². The molecule has 1 aromatic heterocycles. The number of nitrogens with two attached hydrogens (primary N) is 1. The van der Waals surface area contributed by atoms with Crippen LogP contribution in [0.1, 0.15) is 17.3 Å². The Bertz CT molecular complexity index is 513. The molecule has 0 amide bonds. The molecule has 0 aliphatic rings. The van der Waals surface area contributed by atoms with Gasteiger partial charge in [0.15, 0.2) is 12.4 Å². The number of halogens is 1. The SMILES string of the molecule is Cc1noc(COc2ccc(CN)cc2Cl)n1. The average molecular weight is 254 g/mol. The Kier molecular flexibility index (Phi) is 3.61. The minimum absolute atomic E-state index is 0.197. The molecule has 1 aromatic carbocycles. The summed E-state index contributed by atoms with van der Waals surface area (Å²) in [6.07, 6.45) is 0. The van der Waals surface area contributed by atoms with E-state index in [4.69, 9.17) is 26.6 Å². The van der Waals surface area contributed by atoms with Crippen molar-refractivity contribution in [3.8, 4) is 5.75 Å². The van der Waals surface area contributed by atoms with Crippen molar-refractivity contribution < 1.29 is 9.26 Å². The minimum Gasteiger partial charge on any atom is -0.482 e. The highest BCUT2D eigenvalue weighted by molar-refractivity contribution is 6.32. The Hall–Kier alpha value is -1.59. The maximum atomic E-state index is 6.03. The van der Waals surface area contributed by atoms with Gasteiger partial charge in [-0.3, -0.25) is 0 Å². The van der Waals surface area contributed by atoms with Crippen molar-refractivity contribution >= 4 is 11.6 Å². The Morgan fingerprint density at radius 1 is 1.47 bits per heavy atom. The molecule has 0 atom stereocenters. The van der Waals surface area contributed by atoms with Crippen molar-refractivity contribution in [1.29, 1.82) is 0 Å². The van der Waals surface area contributed by atoms with E-state index in [2.05, 4.69) is 10.1 Å². The fraction of sp³-hybridized carbons (Fsp3) is 0.273. The first-order valence-electron chi connectivity index (χ1n) is 5.09. The van der Waals surface area contributed by atoms with E-state index in [-0.39, 0.29) is 6.61 Å². The molecule has 0 fully saturated rings. The molecule has 0 saturated heterocycles. The van der Waals surface area contributed by atoms with Crippen LogP contribution in [-0.4, -0.2) is 10.1 Å². The third-order valence-electron chi connectivity index (χ3n) is 2.15. The Balaban J connectivity index is 2.04. The van der Waals surface area contributed by atoms with Gasteiger partial charge in [0.1, 0.15) is 5.75 Å². The molecule has 5 nitrogen and oxygen atoms in total. The van der Waals surface area contributed by atoms with Crippen LogP contribution in [-0.2, 0) is 13.2 Å². The minimum atomic E-state index is 0.197. The van der Waals surface area contributed by atoms with Gasteiger partial charge >= 0.3 is 0 Å². The van der Waals surface area contributed by atoms with Crippen LogP contribution >= 0.6 is 11.6 Å². The Morgan fingerprint density at radius 2 is 2.29 bits per heavy atom. The van der Waals surface area contributed by atoms with Gasteiger partial charge in [-0.05, 0) is 24.6 Å². The van der Waals surface area contributed by atoms with E-state index in [0.717, 1.165) is 5.56 Å². The fourth-order valence-electron chi connectivity index (χ4n) is 1.33. The van der Waals surface area contributed by atoms with E-state index in [1.165, 1.54) is 0 Å². The second kappa shape index (κ2) is 5.16. The van der Waals surface area contributed by atoms with Gasteiger partial charge in [0.05, 0.1) is 5.02 Å². The van der Waals surface area contributed by atoms with E-state index >= 15 is 0 Å². The molecular weight excluding hydrogens is 242 g/mol. The van der Waals surface area contributed by atoms with E-state index < -0.39 is 0 Å². The summed E-state index contributed by atoms with van der Waals surface area (Å²) in [7, 11) is 0. The maximum Gasteiger partial charge on any atom is 0.264 e. The van der Waals surface area contributed by atoms with Gasteiger partial charge < -0.3 is 15.0 Å². The van der Waals surface area contributed by atoms with Crippen LogP contribution in [0.15, 0.2) is 22.7 Å². The van der Waals surface area contributed by atoms with Gasteiger partial charge in [-0.25, -0.2) is 0 Å². The van der Waals surface area contributed by atoms with Crippen LogP contribution in [0.5, 0.6) is 5.75 Å². The number of hydrogen-bond donors (Lipinski definition) is 1. The van der Waals surface area contributed by atoms with Gasteiger partial charge in [-0.1, -0.05) is 22.8 Å². The van der Waals surface area contributed by atoms with Gasteiger partial charge in [0, 0.05) is 6.54 Å². The first-order valence-corrected chi connectivity index (χ1v) is 5.47. The maximum absolute atomic E-state index is 6.03. The normalized spacial score (nSPS) is 10.5. The summed E-state index contributed by atoms with van der Waals surface area (Å²) in [5.74, 6) is 1.56. The molecule has 1 heterocycles. The number of ether oxygens (including phenoxy) is 1. The van der Waals surface area contributed by atoms with Crippen molar-refractivity contribution in [1.82, 2.24) is 10.1 Å². The predicted molar refractivity (Wildman–Crippen MR) is 62.7 cm³/mol. The van der Waals surface area contributed by atoms with Crippen LogP contribution in [0.25, 0.3) is 0 Å². The summed E-state index contributed by atoms with van der Waals surface area (Å²) < 4.78 is 10.4. The first-order chi connectivity index (χ1) is 8.19. The van der Waals surface area contributed by atoms with E-state index in [1.807, 2.05) is 6.07 Å². The zero-order chi connectivity index (χ0) is 12.3. The van der Waals surface area contributed by atoms with Gasteiger partial charge in [0.2, 0.25) is 0 Å². The zero-order valence-corrected chi connectivity index (χ0v) is 10.1. The average Bonchev–Trinajstić information content (AvgIpc) is 2.73. The lowest BCUT2D eigenvalue weighted by Gasteiger charge is -2.06. The Morgan fingerprint density at radius 3 is 2.88 bits per heavy atom. The topological polar surface area (TPSA) is 74.2 Å². The Labute approximate surface area is 104 Å². The highest BCUT2D eigenvalue weighted by Crippen LogP contribution is 2.25. The highest BCUT2D eigenvalue weighted by atomic mass is 35.5. The summed E-state index contributed by atoms with van der Waals surface area (Å²) in [6, 6.07) is 5.41. The smallest absolute Gasteiger partial charge is 0.264 e. The molecule has 2 aromatic rings. The van der Waals surface area contributed by atoms with Gasteiger partial charge in [-0.15, -0.1) is 0 Å². The summed E-state index contributed by atoms with van der Waals surface area (Å²) in [6.45, 7) is 2.39. The number of benzene rings is 1. The van der Waals surface area contributed by atoms with E-state index in [1.54, 1.807) is 19.1 Å². The number of hydrogen-bond acceptors (Lipinski definition) is 5. The quantitative estimate of drug-likeness (QED) is 0.903. The highest BCUT2D eigenvalue weighted by Gasteiger charge is 2.06. The summed E-state index contributed by atoms with van der Waals surface area (Å²) >= 11 is 6.03. The number of aryl methyl sites for hydroxylation is 1. The number of aromatic nitrogens is 2. The van der Waals surface area contributed by atoms with Crippen LogP contribution in [0.4, 0.5) is 0 Å². The van der Waals surface area contributed by atoms with Crippen LogP contribution in [0.3, 0.4) is 0 Å². The summed E-state index contributed by atoms with van der Waals surface area (Å²) in [4.78, 5) is 4.02. The molecule has 2 rings (SSSR count). The summed E-state index contributed by atoms with van der Waals surface area (Å²) in [5.41, 5.74) is 6.46. The lowest BCUT2D eigenvalue weighted by Crippen LogP contribution is -1.99. The van der Waals surface area contributed by atoms with Gasteiger partial charge in [0.25, 0.3) is 5.89 Å². The zero-order valence-electron chi connectivity index (χ0n) is 9.31. The lowest BCUT2D eigenvalue weighted by molar-refractivity contribution is 0.242. The molecule has 6 heteroatoms. The van der Waals surface area contributed by atoms with Crippen molar-refractivity contribution in [3.05, 3.63) is 40.5 Å².